The van der Waals surface area contributed by atoms with Crippen molar-refractivity contribution in [2.75, 3.05) is 27.2 Å². The number of nitrogens with zero attached hydrogens (tertiary/aromatic N) is 4. The van der Waals surface area contributed by atoms with Gasteiger partial charge in [0, 0.05) is 50.0 Å². The van der Waals surface area contributed by atoms with E-state index in [1.54, 1.807) is 36.4 Å². The van der Waals surface area contributed by atoms with Crippen LogP contribution in [-0.2, 0) is 6.54 Å². The predicted octanol–water partition coefficient (Wildman–Crippen LogP) is 3.22. The highest BCUT2D eigenvalue weighted by Gasteiger charge is 2.26. The molecule has 1 saturated heterocycles. The van der Waals surface area contributed by atoms with Gasteiger partial charge < -0.3 is 15.4 Å². The van der Waals surface area contributed by atoms with Crippen LogP contribution in [0.3, 0.4) is 0 Å². The van der Waals surface area contributed by atoms with Gasteiger partial charge in [-0.25, -0.2) is 9.78 Å². The van der Waals surface area contributed by atoms with Crippen molar-refractivity contribution in [1.29, 1.82) is 0 Å². The molecule has 0 unspecified atom stereocenters. The molecule has 2 amide bonds. The summed E-state index contributed by atoms with van der Waals surface area (Å²) in [6.07, 6.45) is 5.04. The van der Waals surface area contributed by atoms with Crippen molar-refractivity contribution < 1.29 is 14.3 Å². The van der Waals surface area contributed by atoms with Crippen LogP contribution in [0.5, 0.6) is 5.75 Å². The first-order valence-electron chi connectivity index (χ1n) is 11.0. The lowest BCUT2D eigenvalue weighted by molar-refractivity contribution is 0.1000. The molecule has 1 fully saturated rings. The zero-order valence-corrected chi connectivity index (χ0v) is 19.0. The highest BCUT2D eigenvalue weighted by Crippen LogP contribution is 2.22. The molecular weight excluding hydrogens is 418 g/mol. The molecule has 0 atom stereocenters. The van der Waals surface area contributed by atoms with Crippen LogP contribution in [0.4, 0.5) is 4.79 Å². The number of carbonyl (C=O) groups excluding carboxylic acids is 2. The summed E-state index contributed by atoms with van der Waals surface area (Å²) in [7, 11) is 3.52. The summed E-state index contributed by atoms with van der Waals surface area (Å²) < 4.78 is 6.72. The Morgan fingerprint density at radius 2 is 1.88 bits per heavy atom. The Hall–Kier alpha value is -3.65. The molecule has 0 saturated carbocycles. The topological polar surface area (TPSA) is 93.7 Å². The molecule has 1 aliphatic rings. The Morgan fingerprint density at radius 3 is 2.55 bits per heavy atom. The van der Waals surface area contributed by atoms with Crippen molar-refractivity contribution in [3.8, 4) is 17.0 Å². The van der Waals surface area contributed by atoms with Crippen LogP contribution < -0.4 is 10.5 Å². The van der Waals surface area contributed by atoms with E-state index < -0.39 is 5.91 Å². The second-order valence-electron chi connectivity index (χ2n) is 8.36. The van der Waals surface area contributed by atoms with Gasteiger partial charge in [0.05, 0.1) is 12.8 Å². The average Bonchev–Trinajstić information content (AvgIpc) is 3.34. The number of primary amides is 1. The van der Waals surface area contributed by atoms with Gasteiger partial charge in [-0.3, -0.25) is 14.3 Å². The molecular formula is C25H29N5O3. The molecule has 1 aromatic heterocycles. The molecule has 2 aromatic carbocycles. The summed E-state index contributed by atoms with van der Waals surface area (Å²) in [6, 6.07) is 15.1. The molecule has 8 heteroatoms. The number of carbonyl (C=O) groups is 2. The zero-order chi connectivity index (χ0) is 23.4. The predicted molar refractivity (Wildman–Crippen MR) is 126 cm³/mol. The number of amides is 2. The normalized spacial score (nSPS) is 14.7. The highest BCUT2D eigenvalue weighted by atomic mass is 16.5. The summed E-state index contributed by atoms with van der Waals surface area (Å²) in [5.41, 5.74) is 8.39. The van der Waals surface area contributed by atoms with Crippen LogP contribution in [0.1, 0.15) is 28.8 Å². The minimum atomic E-state index is -0.495. The Labute approximate surface area is 193 Å². The fraction of sp³-hybridized carbons (Fsp3) is 0.320. The second-order valence-corrected chi connectivity index (χ2v) is 8.36. The monoisotopic (exact) mass is 447 g/mol. The molecule has 0 spiro atoms. The first-order valence-corrected chi connectivity index (χ1v) is 11.0. The molecule has 0 radical (unpaired) electrons. The van der Waals surface area contributed by atoms with E-state index in [1.165, 1.54) is 16.5 Å². The van der Waals surface area contributed by atoms with Crippen LogP contribution in [0.2, 0.25) is 0 Å². The number of piperidine rings is 1. The molecule has 172 valence electrons. The van der Waals surface area contributed by atoms with Gasteiger partial charge in [0.1, 0.15) is 12.1 Å². The van der Waals surface area contributed by atoms with Crippen molar-refractivity contribution in [3.05, 3.63) is 72.2 Å². The summed E-state index contributed by atoms with van der Waals surface area (Å²) >= 11 is 0. The lowest BCUT2D eigenvalue weighted by Crippen LogP contribution is -2.46. The van der Waals surface area contributed by atoms with Crippen LogP contribution in [0.25, 0.3) is 11.3 Å². The van der Waals surface area contributed by atoms with Crippen LogP contribution >= 0.6 is 0 Å². The number of hydrogen-bond donors (Lipinski definition) is 1. The standard InChI is InChI=1S/C25H29N5O3/c1-28(21-10-12-29(13-11-21)15-18-6-8-22(33-2)9-7-18)25(32)30-16-23(27-17-30)19-4-3-5-20(14-19)24(26)31/h3-9,14,16-17,21H,10-13,15H2,1-2H3,(H2,26,31). The number of likely N-dealkylation sites (tertiary alicyclic amines) is 1. The van der Waals surface area contributed by atoms with E-state index >= 15 is 0 Å². The summed E-state index contributed by atoms with van der Waals surface area (Å²) in [6.45, 7) is 2.76. The Kier molecular flexibility index (Phi) is 6.74. The maximum atomic E-state index is 13.0. The largest absolute Gasteiger partial charge is 0.497 e. The quantitative estimate of drug-likeness (QED) is 0.626. The van der Waals surface area contributed by atoms with Crippen molar-refractivity contribution in [2.24, 2.45) is 5.73 Å². The number of nitrogens with two attached hydrogens (primary N) is 1. The van der Waals surface area contributed by atoms with Crippen molar-refractivity contribution >= 4 is 11.9 Å². The second kappa shape index (κ2) is 9.87. The molecule has 8 nitrogen and oxygen atoms in total. The first-order chi connectivity index (χ1) is 15.9. The smallest absolute Gasteiger partial charge is 0.329 e. The van der Waals surface area contributed by atoms with Gasteiger partial charge in [0.15, 0.2) is 0 Å². The Bertz CT molecular complexity index is 1120. The number of hydrogen-bond acceptors (Lipinski definition) is 5. The number of ether oxygens (including phenoxy) is 1. The van der Waals surface area contributed by atoms with Gasteiger partial charge >= 0.3 is 6.03 Å². The molecule has 4 rings (SSSR count). The maximum Gasteiger partial charge on any atom is 0.329 e. The third kappa shape index (κ3) is 5.23. The van der Waals surface area contributed by atoms with Crippen molar-refractivity contribution in [1.82, 2.24) is 19.4 Å². The summed E-state index contributed by atoms with van der Waals surface area (Å²) in [5.74, 6) is 0.367. The van der Waals surface area contributed by atoms with Gasteiger partial charge in [-0.2, -0.15) is 0 Å². The number of aromatic nitrogens is 2. The molecule has 0 aliphatic carbocycles. The SMILES string of the molecule is COc1ccc(CN2CCC(N(C)C(=O)n3cnc(-c4cccc(C(N)=O)c4)c3)CC2)cc1. The van der Waals surface area contributed by atoms with E-state index in [4.69, 9.17) is 10.5 Å². The van der Waals surface area contributed by atoms with E-state index in [-0.39, 0.29) is 12.1 Å². The van der Waals surface area contributed by atoms with Gasteiger partial charge in [-0.15, -0.1) is 0 Å². The maximum absolute atomic E-state index is 13.0. The first kappa shape index (κ1) is 22.5. The summed E-state index contributed by atoms with van der Waals surface area (Å²) in [4.78, 5) is 33.1. The number of rotatable bonds is 6. The van der Waals surface area contributed by atoms with E-state index in [2.05, 4.69) is 22.0 Å². The zero-order valence-electron chi connectivity index (χ0n) is 19.0. The minimum Gasteiger partial charge on any atom is -0.497 e. The Morgan fingerprint density at radius 1 is 1.15 bits per heavy atom. The lowest BCUT2D eigenvalue weighted by atomic mass is 10.0. The van der Waals surface area contributed by atoms with E-state index in [9.17, 15) is 9.59 Å². The number of imidazole rings is 1. The fourth-order valence-corrected chi connectivity index (χ4v) is 4.20. The highest BCUT2D eigenvalue weighted by molar-refractivity contribution is 5.94. The average molecular weight is 448 g/mol. The summed E-state index contributed by atoms with van der Waals surface area (Å²) in [5, 5.41) is 0. The van der Waals surface area contributed by atoms with Crippen molar-refractivity contribution in [2.45, 2.75) is 25.4 Å². The van der Waals surface area contributed by atoms with Gasteiger partial charge in [-0.1, -0.05) is 24.3 Å². The lowest BCUT2D eigenvalue weighted by Gasteiger charge is -2.36. The van der Waals surface area contributed by atoms with Crippen molar-refractivity contribution in [3.63, 3.8) is 0 Å². The minimum absolute atomic E-state index is 0.117. The molecule has 3 aromatic rings. The molecule has 33 heavy (non-hydrogen) atoms. The van der Waals surface area contributed by atoms with Gasteiger partial charge in [0.25, 0.3) is 0 Å². The number of benzene rings is 2. The fourth-order valence-electron chi connectivity index (χ4n) is 4.20. The molecule has 1 aliphatic heterocycles. The molecule has 0 bridgehead atoms. The van der Waals surface area contributed by atoms with E-state index in [0.717, 1.165) is 43.8 Å². The number of methoxy groups -OCH3 is 1. The Balaban J connectivity index is 1.34. The van der Waals surface area contributed by atoms with Crippen LogP contribution in [0.15, 0.2) is 61.1 Å². The van der Waals surface area contributed by atoms with E-state index in [1.807, 2.05) is 25.2 Å². The molecule has 2 N–H and O–H groups in total. The van der Waals surface area contributed by atoms with E-state index in [0.29, 0.717) is 11.3 Å². The van der Waals surface area contributed by atoms with Gasteiger partial charge in [0.2, 0.25) is 5.91 Å². The molecule has 2 heterocycles. The van der Waals surface area contributed by atoms with Gasteiger partial charge in [-0.05, 0) is 42.7 Å². The third-order valence-electron chi connectivity index (χ3n) is 6.22. The van der Waals surface area contributed by atoms with Crippen LogP contribution in [0, 0.1) is 0 Å². The third-order valence-corrected chi connectivity index (χ3v) is 6.22. The van der Waals surface area contributed by atoms with Crippen LogP contribution in [-0.4, -0.2) is 64.6 Å².